The molecular weight excluding hydrogens is 362 g/mol. The number of phenols is 1. The number of hydrogen-bond acceptors (Lipinski definition) is 6. The van der Waals surface area contributed by atoms with Crippen LogP contribution in [-0.4, -0.2) is 30.0 Å². The molecule has 3 aromatic rings. The Balaban J connectivity index is 1.90. The van der Waals surface area contributed by atoms with Crippen molar-refractivity contribution in [1.82, 2.24) is 0 Å². The van der Waals surface area contributed by atoms with Crippen molar-refractivity contribution >= 4 is 28.3 Å². The van der Waals surface area contributed by atoms with Crippen molar-refractivity contribution < 1.29 is 24.3 Å². The monoisotopic (exact) mass is 379 g/mol. The van der Waals surface area contributed by atoms with Crippen LogP contribution in [0.3, 0.4) is 0 Å². The molecule has 0 aliphatic heterocycles. The predicted octanol–water partition coefficient (Wildman–Crippen LogP) is 4.37. The third-order valence-electron chi connectivity index (χ3n) is 4.25. The lowest BCUT2D eigenvalue weighted by molar-refractivity contribution is -0.386. The number of hydrogen-bond donors (Lipinski definition) is 1. The summed E-state index contributed by atoms with van der Waals surface area (Å²) in [7, 11) is 2.88. The molecule has 0 aliphatic carbocycles. The number of ether oxygens (including phenoxy) is 2. The van der Waals surface area contributed by atoms with Gasteiger partial charge in [0.05, 0.1) is 19.1 Å². The van der Waals surface area contributed by atoms with Gasteiger partial charge >= 0.3 is 5.69 Å². The van der Waals surface area contributed by atoms with Gasteiger partial charge in [-0.1, -0.05) is 24.3 Å². The molecule has 0 atom stereocenters. The summed E-state index contributed by atoms with van der Waals surface area (Å²) in [4.78, 5) is 22.8. The molecule has 0 aromatic heterocycles. The number of allylic oxidation sites excluding steroid dienone is 1. The Morgan fingerprint density at radius 1 is 1.04 bits per heavy atom. The van der Waals surface area contributed by atoms with Gasteiger partial charge in [-0.3, -0.25) is 14.9 Å². The van der Waals surface area contributed by atoms with Crippen molar-refractivity contribution in [1.29, 1.82) is 0 Å². The summed E-state index contributed by atoms with van der Waals surface area (Å²) in [6.45, 7) is 0. The Morgan fingerprint density at radius 2 is 1.75 bits per heavy atom. The lowest BCUT2D eigenvalue weighted by Gasteiger charge is -2.05. The van der Waals surface area contributed by atoms with Crippen LogP contribution in [0.15, 0.2) is 54.6 Å². The normalized spacial score (nSPS) is 10.9. The first-order chi connectivity index (χ1) is 13.4. The molecule has 0 saturated carbocycles. The minimum Gasteiger partial charge on any atom is -0.500 e. The van der Waals surface area contributed by atoms with E-state index in [2.05, 4.69) is 0 Å². The van der Waals surface area contributed by atoms with Crippen molar-refractivity contribution in [3.8, 4) is 17.2 Å². The predicted molar refractivity (Wildman–Crippen MR) is 105 cm³/mol. The van der Waals surface area contributed by atoms with Gasteiger partial charge in [-0.15, -0.1) is 0 Å². The maximum Gasteiger partial charge on any atom is 0.315 e. The van der Waals surface area contributed by atoms with Crippen LogP contribution in [0.25, 0.3) is 16.8 Å². The fourth-order valence-electron chi connectivity index (χ4n) is 2.78. The quantitative estimate of drug-likeness (QED) is 0.296. The van der Waals surface area contributed by atoms with Crippen LogP contribution in [0.1, 0.15) is 15.9 Å². The fraction of sp³-hybridized carbons (Fsp3) is 0.0952. The minimum absolute atomic E-state index is 0.0408. The zero-order valence-corrected chi connectivity index (χ0v) is 15.2. The summed E-state index contributed by atoms with van der Waals surface area (Å²) < 4.78 is 10.1. The van der Waals surface area contributed by atoms with E-state index in [1.165, 1.54) is 31.4 Å². The molecule has 0 unspecified atom stereocenters. The second kappa shape index (κ2) is 7.79. The molecule has 3 rings (SSSR count). The summed E-state index contributed by atoms with van der Waals surface area (Å²) >= 11 is 0. The molecule has 1 N–H and O–H groups in total. The van der Waals surface area contributed by atoms with E-state index < -0.39 is 16.4 Å². The zero-order valence-electron chi connectivity index (χ0n) is 15.2. The van der Waals surface area contributed by atoms with Crippen molar-refractivity contribution in [2.75, 3.05) is 14.2 Å². The molecule has 7 nitrogen and oxygen atoms in total. The van der Waals surface area contributed by atoms with E-state index in [1.807, 2.05) is 24.3 Å². The smallest absolute Gasteiger partial charge is 0.315 e. The number of ketones is 1. The molecule has 0 bridgehead atoms. The number of carbonyl (C=O) groups excluding carboxylic acids is 1. The largest absolute Gasteiger partial charge is 0.500 e. The molecular formula is C21H17NO6. The van der Waals surface area contributed by atoms with Gasteiger partial charge in [-0.05, 0) is 46.7 Å². The van der Waals surface area contributed by atoms with Crippen molar-refractivity contribution in [2.24, 2.45) is 0 Å². The Labute approximate surface area is 160 Å². The summed E-state index contributed by atoms with van der Waals surface area (Å²) in [6.07, 6.45) is 2.76. The van der Waals surface area contributed by atoms with E-state index >= 15 is 0 Å². The molecule has 7 heteroatoms. The van der Waals surface area contributed by atoms with Crippen LogP contribution in [0.4, 0.5) is 5.69 Å². The van der Waals surface area contributed by atoms with Crippen LogP contribution in [-0.2, 0) is 0 Å². The Morgan fingerprint density at radius 3 is 2.43 bits per heavy atom. The van der Waals surface area contributed by atoms with E-state index in [0.717, 1.165) is 16.5 Å². The molecule has 0 amide bonds. The van der Waals surface area contributed by atoms with E-state index in [4.69, 9.17) is 9.47 Å². The number of nitrogens with zero attached hydrogens (tertiary/aromatic N) is 1. The van der Waals surface area contributed by atoms with Gasteiger partial charge in [0.2, 0.25) is 5.75 Å². The molecule has 142 valence electrons. The maximum atomic E-state index is 12.5. The summed E-state index contributed by atoms with van der Waals surface area (Å²) in [5, 5.41) is 22.7. The number of nitro groups is 1. The summed E-state index contributed by atoms with van der Waals surface area (Å²) in [6, 6.07) is 13.4. The summed E-state index contributed by atoms with van der Waals surface area (Å²) in [5.74, 6) is -0.122. The van der Waals surface area contributed by atoms with Crippen LogP contribution in [0.5, 0.6) is 17.2 Å². The second-order valence-electron chi connectivity index (χ2n) is 5.97. The van der Waals surface area contributed by atoms with Crippen molar-refractivity contribution in [2.45, 2.75) is 0 Å². The highest BCUT2D eigenvalue weighted by Gasteiger charge is 2.19. The molecule has 0 heterocycles. The maximum absolute atomic E-state index is 12.5. The van der Waals surface area contributed by atoms with Crippen molar-refractivity contribution in [3.05, 3.63) is 75.8 Å². The lowest BCUT2D eigenvalue weighted by Crippen LogP contribution is -1.95. The lowest BCUT2D eigenvalue weighted by atomic mass is 10.0. The van der Waals surface area contributed by atoms with Gasteiger partial charge in [-0.25, -0.2) is 0 Å². The number of fused-ring (bicyclic) bond motifs is 1. The van der Waals surface area contributed by atoms with Crippen LogP contribution < -0.4 is 9.47 Å². The van der Waals surface area contributed by atoms with Gasteiger partial charge in [0.25, 0.3) is 0 Å². The highest BCUT2D eigenvalue weighted by atomic mass is 16.6. The van der Waals surface area contributed by atoms with E-state index in [0.29, 0.717) is 11.1 Å². The SMILES string of the molecule is COc1ccc2cc(C(=O)/C=C/c3cc(OC)c(O)c([N+](=O)[O-])c3)ccc2c1. The zero-order chi connectivity index (χ0) is 20.3. The third-order valence-corrected chi connectivity index (χ3v) is 4.25. The highest BCUT2D eigenvalue weighted by molar-refractivity contribution is 6.08. The van der Waals surface area contributed by atoms with E-state index in [1.54, 1.807) is 19.2 Å². The van der Waals surface area contributed by atoms with E-state index in [-0.39, 0.29) is 11.5 Å². The molecule has 0 aliphatic rings. The highest BCUT2D eigenvalue weighted by Crippen LogP contribution is 2.37. The number of carbonyl (C=O) groups is 1. The van der Waals surface area contributed by atoms with Crippen LogP contribution >= 0.6 is 0 Å². The number of phenolic OH excluding ortho intramolecular Hbond substituents is 1. The second-order valence-corrected chi connectivity index (χ2v) is 5.97. The fourth-order valence-corrected chi connectivity index (χ4v) is 2.78. The molecule has 0 radical (unpaired) electrons. The first kappa shape index (κ1) is 18.9. The Kier molecular flexibility index (Phi) is 5.26. The Bertz CT molecular complexity index is 1100. The third kappa shape index (κ3) is 3.78. The minimum atomic E-state index is -0.714. The first-order valence-electron chi connectivity index (χ1n) is 8.28. The van der Waals surface area contributed by atoms with Gasteiger partial charge in [0.15, 0.2) is 11.5 Å². The topological polar surface area (TPSA) is 98.9 Å². The average molecular weight is 379 g/mol. The number of nitro benzene ring substituents is 1. The molecule has 0 fully saturated rings. The van der Waals surface area contributed by atoms with Crippen LogP contribution in [0.2, 0.25) is 0 Å². The van der Waals surface area contributed by atoms with Gasteiger partial charge in [0, 0.05) is 11.6 Å². The van der Waals surface area contributed by atoms with Gasteiger partial charge in [0.1, 0.15) is 5.75 Å². The molecule has 0 saturated heterocycles. The number of rotatable bonds is 6. The van der Waals surface area contributed by atoms with E-state index in [9.17, 15) is 20.0 Å². The van der Waals surface area contributed by atoms with Gasteiger partial charge in [-0.2, -0.15) is 0 Å². The molecule has 28 heavy (non-hydrogen) atoms. The molecule has 0 spiro atoms. The van der Waals surface area contributed by atoms with Crippen LogP contribution in [0, 0.1) is 10.1 Å². The first-order valence-corrected chi connectivity index (χ1v) is 8.28. The van der Waals surface area contributed by atoms with Crippen molar-refractivity contribution in [3.63, 3.8) is 0 Å². The average Bonchev–Trinajstić information content (AvgIpc) is 2.71. The standard InChI is InChI=1S/C21H17NO6/c1-27-17-7-6-14-11-16(5-4-15(14)12-17)19(23)8-3-13-9-18(22(25)26)21(24)20(10-13)28-2/h3-12,24H,1-2H3/b8-3+. The molecule has 3 aromatic carbocycles. The Hall–Kier alpha value is -3.87. The number of aromatic hydroxyl groups is 1. The number of benzene rings is 3. The van der Waals surface area contributed by atoms with Gasteiger partial charge < -0.3 is 14.6 Å². The number of methoxy groups -OCH3 is 2. The summed E-state index contributed by atoms with van der Waals surface area (Å²) in [5.41, 5.74) is 0.348.